The summed E-state index contributed by atoms with van der Waals surface area (Å²) in [4.78, 5) is 13.0. The summed E-state index contributed by atoms with van der Waals surface area (Å²) in [7, 11) is 0. The number of nitrogens with zero attached hydrogens (tertiary/aromatic N) is 4. The monoisotopic (exact) mass is 307 g/mol. The molecule has 2 aromatic rings. The lowest BCUT2D eigenvalue weighted by Gasteiger charge is -2.31. The van der Waals surface area contributed by atoms with Crippen LogP contribution in [0, 0.1) is 11.3 Å². The molecular formula is C14H15F2N5O. The second-order valence-corrected chi connectivity index (χ2v) is 5.28. The lowest BCUT2D eigenvalue weighted by molar-refractivity contribution is -0.0565. The van der Waals surface area contributed by atoms with Crippen molar-refractivity contribution in [3.63, 3.8) is 0 Å². The number of likely N-dealkylation sites (tertiary alicyclic amines) is 1. The number of rotatable bonds is 4. The van der Waals surface area contributed by atoms with Crippen LogP contribution in [-0.2, 0) is 0 Å². The summed E-state index contributed by atoms with van der Waals surface area (Å²) in [6.45, 7) is 1.64. The van der Waals surface area contributed by atoms with Crippen molar-refractivity contribution in [3.05, 3.63) is 18.0 Å². The molecule has 8 heteroatoms. The zero-order valence-electron chi connectivity index (χ0n) is 11.9. The highest BCUT2D eigenvalue weighted by Crippen LogP contribution is 2.27. The number of H-pyrrole nitrogens is 1. The molecule has 6 nitrogen and oxygen atoms in total. The van der Waals surface area contributed by atoms with Crippen LogP contribution < -0.4 is 4.74 Å². The minimum absolute atomic E-state index is 0.102. The smallest absolute Gasteiger partial charge is 0.318 e. The Balaban J connectivity index is 1.53. The number of alkyl halides is 2. The third-order valence-electron chi connectivity index (χ3n) is 3.76. The Hall–Kier alpha value is -2.27. The van der Waals surface area contributed by atoms with Crippen molar-refractivity contribution in [1.29, 1.82) is 5.26 Å². The lowest BCUT2D eigenvalue weighted by atomic mass is 10.1. The minimum Gasteiger partial charge on any atom is -0.462 e. The van der Waals surface area contributed by atoms with Crippen molar-refractivity contribution in [2.75, 3.05) is 26.2 Å². The predicted molar refractivity (Wildman–Crippen MR) is 74.7 cm³/mol. The second kappa shape index (κ2) is 5.85. The summed E-state index contributed by atoms with van der Waals surface area (Å²) in [5, 5.41) is 9.55. The molecule has 1 aliphatic rings. The molecule has 3 rings (SSSR count). The summed E-state index contributed by atoms with van der Waals surface area (Å²) >= 11 is 0. The van der Waals surface area contributed by atoms with Crippen molar-refractivity contribution >= 4 is 11.0 Å². The Morgan fingerprint density at radius 2 is 2.18 bits per heavy atom. The number of nitrogens with one attached hydrogen (secondary N) is 1. The average Bonchev–Trinajstić information content (AvgIpc) is 2.91. The molecule has 1 N–H and O–H groups in total. The second-order valence-electron chi connectivity index (χ2n) is 5.28. The molecule has 1 fully saturated rings. The third kappa shape index (κ3) is 3.14. The van der Waals surface area contributed by atoms with Crippen LogP contribution in [-0.4, -0.2) is 52.0 Å². The largest absolute Gasteiger partial charge is 0.462 e. The number of ether oxygens (including phenoxy) is 1. The molecule has 0 unspecified atom stereocenters. The van der Waals surface area contributed by atoms with Gasteiger partial charge in [0.05, 0.1) is 10.9 Å². The summed E-state index contributed by atoms with van der Waals surface area (Å²) < 4.78 is 31.5. The van der Waals surface area contributed by atoms with E-state index in [4.69, 9.17) is 10.00 Å². The van der Waals surface area contributed by atoms with Crippen molar-refractivity contribution in [2.24, 2.45) is 0 Å². The number of aromatic amines is 1. The van der Waals surface area contributed by atoms with Gasteiger partial charge in [-0.3, -0.25) is 4.90 Å². The molecule has 1 aliphatic heterocycles. The van der Waals surface area contributed by atoms with E-state index in [1.165, 1.54) is 6.20 Å². The molecule has 0 atom stereocenters. The maximum atomic E-state index is 13.0. The molecule has 0 saturated carbocycles. The van der Waals surface area contributed by atoms with Gasteiger partial charge >= 0.3 is 6.01 Å². The standard InChI is InChI=1S/C14H15F2N5O/c15-14(16)1-3-21(4-2-14)5-6-22-13-19-9-11-10(7-17)8-18-12(11)20-13/h8-9H,1-6H2,(H,18,19,20). The van der Waals surface area contributed by atoms with Gasteiger partial charge in [-0.1, -0.05) is 0 Å². The van der Waals surface area contributed by atoms with E-state index in [0.717, 1.165) is 0 Å². The maximum absolute atomic E-state index is 13.0. The van der Waals surface area contributed by atoms with E-state index < -0.39 is 5.92 Å². The van der Waals surface area contributed by atoms with Crippen molar-refractivity contribution < 1.29 is 13.5 Å². The Labute approximate surface area is 125 Å². The third-order valence-corrected chi connectivity index (χ3v) is 3.76. The van der Waals surface area contributed by atoms with Crippen LogP contribution in [0.25, 0.3) is 11.0 Å². The van der Waals surface area contributed by atoms with Gasteiger partial charge < -0.3 is 9.72 Å². The first-order valence-corrected chi connectivity index (χ1v) is 7.05. The number of nitriles is 1. The summed E-state index contributed by atoms with van der Waals surface area (Å²) in [6, 6.07) is 2.25. The van der Waals surface area contributed by atoms with Crippen molar-refractivity contribution in [2.45, 2.75) is 18.8 Å². The lowest BCUT2D eigenvalue weighted by Crippen LogP contribution is -2.41. The molecule has 0 amide bonds. The van der Waals surface area contributed by atoms with Gasteiger partial charge in [0.25, 0.3) is 5.92 Å². The average molecular weight is 307 g/mol. The van der Waals surface area contributed by atoms with Crippen LogP contribution in [0.2, 0.25) is 0 Å². The number of hydrogen-bond donors (Lipinski definition) is 1. The molecule has 0 radical (unpaired) electrons. The molecular weight excluding hydrogens is 292 g/mol. The minimum atomic E-state index is -2.53. The van der Waals surface area contributed by atoms with E-state index in [1.807, 2.05) is 11.0 Å². The van der Waals surface area contributed by atoms with E-state index in [2.05, 4.69) is 15.0 Å². The van der Waals surface area contributed by atoms with Gasteiger partial charge in [0.2, 0.25) is 0 Å². The van der Waals surface area contributed by atoms with Gasteiger partial charge in [-0.2, -0.15) is 10.2 Å². The molecule has 0 aromatic carbocycles. The van der Waals surface area contributed by atoms with Gasteiger partial charge in [0.15, 0.2) is 0 Å². The fourth-order valence-corrected chi connectivity index (χ4v) is 2.42. The fourth-order valence-electron chi connectivity index (χ4n) is 2.42. The highest BCUT2D eigenvalue weighted by Gasteiger charge is 2.33. The molecule has 0 bridgehead atoms. The van der Waals surface area contributed by atoms with E-state index in [-0.39, 0.29) is 18.9 Å². The molecule has 116 valence electrons. The topological polar surface area (TPSA) is 77.8 Å². The molecule has 2 aromatic heterocycles. The quantitative estimate of drug-likeness (QED) is 0.934. The normalized spacial score (nSPS) is 18.2. The highest BCUT2D eigenvalue weighted by molar-refractivity contribution is 5.81. The zero-order chi connectivity index (χ0) is 15.6. The van der Waals surface area contributed by atoms with Gasteiger partial charge in [-0.15, -0.1) is 0 Å². The summed E-state index contributed by atoms with van der Waals surface area (Å²) in [5.74, 6) is -2.53. The Morgan fingerprint density at radius 3 is 2.91 bits per heavy atom. The fraction of sp³-hybridized carbons (Fsp3) is 0.500. The van der Waals surface area contributed by atoms with Crippen molar-refractivity contribution in [1.82, 2.24) is 19.9 Å². The number of hydrogen-bond acceptors (Lipinski definition) is 5. The SMILES string of the molecule is N#Cc1c[nH]c2nc(OCCN3CCC(F)(F)CC3)ncc12. The van der Waals surface area contributed by atoms with Crippen molar-refractivity contribution in [3.8, 4) is 12.1 Å². The van der Waals surface area contributed by atoms with Gasteiger partial charge in [0, 0.05) is 44.9 Å². The molecule has 22 heavy (non-hydrogen) atoms. The maximum Gasteiger partial charge on any atom is 0.318 e. The Kier molecular flexibility index (Phi) is 3.90. The van der Waals surface area contributed by atoms with Crippen LogP contribution in [0.15, 0.2) is 12.4 Å². The van der Waals surface area contributed by atoms with Gasteiger partial charge in [0.1, 0.15) is 18.3 Å². The zero-order valence-corrected chi connectivity index (χ0v) is 11.9. The Morgan fingerprint density at radius 1 is 1.41 bits per heavy atom. The first kappa shape index (κ1) is 14.7. The molecule has 3 heterocycles. The number of piperidine rings is 1. The molecule has 0 aliphatic carbocycles. The summed E-state index contributed by atoms with van der Waals surface area (Å²) in [6.07, 6.45) is 2.90. The van der Waals surface area contributed by atoms with Crippen LogP contribution in [0.1, 0.15) is 18.4 Å². The number of fused-ring (bicyclic) bond motifs is 1. The van der Waals surface area contributed by atoms with E-state index in [9.17, 15) is 8.78 Å². The number of halogens is 2. The summed E-state index contributed by atoms with van der Waals surface area (Å²) in [5.41, 5.74) is 1.02. The van der Waals surface area contributed by atoms with E-state index in [0.29, 0.717) is 42.8 Å². The van der Waals surface area contributed by atoms with Crippen LogP contribution in [0.5, 0.6) is 6.01 Å². The van der Waals surface area contributed by atoms with Gasteiger partial charge in [-0.25, -0.2) is 13.8 Å². The molecule has 1 saturated heterocycles. The highest BCUT2D eigenvalue weighted by atomic mass is 19.3. The predicted octanol–water partition coefficient (Wildman–Crippen LogP) is 1.94. The van der Waals surface area contributed by atoms with E-state index in [1.54, 1.807) is 6.20 Å². The van der Waals surface area contributed by atoms with Gasteiger partial charge in [-0.05, 0) is 0 Å². The van der Waals surface area contributed by atoms with Crippen LogP contribution in [0.4, 0.5) is 8.78 Å². The van der Waals surface area contributed by atoms with E-state index >= 15 is 0 Å². The Bertz CT molecular complexity index is 699. The first-order valence-electron chi connectivity index (χ1n) is 7.05. The number of aromatic nitrogens is 3. The first-order chi connectivity index (χ1) is 10.6. The van der Waals surface area contributed by atoms with Crippen LogP contribution >= 0.6 is 0 Å². The van der Waals surface area contributed by atoms with Crippen LogP contribution in [0.3, 0.4) is 0 Å². The molecule has 0 spiro atoms.